The van der Waals surface area contributed by atoms with Gasteiger partial charge in [0.2, 0.25) is 11.8 Å². The average molecular weight is 384 g/mol. The summed E-state index contributed by atoms with van der Waals surface area (Å²) in [6.45, 7) is 1.82. The van der Waals surface area contributed by atoms with Crippen LogP contribution < -0.4 is 15.4 Å². The van der Waals surface area contributed by atoms with E-state index in [2.05, 4.69) is 0 Å². The fourth-order valence-corrected chi connectivity index (χ4v) is 2.89. The largest absolute Gasteiger partial charge is 0.477 e. The van der Waals surface area contributed by atoms with E-state index in [-0.39, 0.29) is 25.0 Å². The number of carbonyl (C=O) groups is 3. The van der Waals surface area contributed by atoms with Crippen LogP contribution in [0.1, 0.15) is 32.6 Å². The van der Waals surface area contributed by atoms with Gasteiger partial charge < -0.3 is 15.6 Å². The maximum Gasteiger partial charge on any atom is 0.370 e. The van der Waals surface area contributed by atoms with Gasteiger partial charge in [-0.2, -0.15) is 0 Å². The molecular formula is C21H24N2O5. The summed E-state index contributed by atoms with van der Waals surface area (Å²) in [7, 11) is 0. The predicted molar refractivity (Wildman–Crippen MR) is 105 cm³/mol. The number of carboxylic acid groups (broad SMARTS) is 1. The van der Waals surface area contributed by atoms with Crippen molar-refractivity contribution in [2.45, 2.75) is 38.3 Å². The standard InChI is InChI=1S/C21H24N2O5/c1-2-9-19(25)23(16-10-5-3-6-11-16)21(20(26)27,15-14-18(22)24)28-17-12-7-4-8-13-17/h3-8,10-13H,2,9,14-15H2,1H3,(H2,22,24)(H,26,27)/t21-/m1/s1. The first-order valence-corrected chi connectivity index (χ1v) is 9.04. The van der Waals surface area contributed by atoms with Crippen LogP contribution in [0.3, 0.4) is 0 Å². The Kier molecular flexibility index (Phi) is 7.14. The van der Waals surface area contributed by atoms with Gasteiger partial charge in [-0.15, -0.1) is 0 Å². The molecule has 2 rings (SSSR count). The molecule has 0 aliphatic heterocycles. The van der Waals surface area contributed by atoms with Crippen molar-refractivity contribution in [3.8, 4) is 5.75 Å². The molecule has 3 N–H and O–H groups in total. The van der Waals surface area contributed by atoms with Gasteiger partial charge in [0, 0.05) is 24.9 Å². The first kappa shape index (κ1) is 21.0. The van der Waals surface area contributed by atoms with Crippen molar-refractivity contribution in [3.63, 3.8) is 0 Å². The van der Waals surface area contributed by atoms with Crippen LogP contribution in [0.25, 0.3) is 0 Å². The molecule has 0 saturated heterocycles. The van der Waals surface area contributed by atoms with Crippen molar-refractivity contribution in [1.29, 1.82) is 0 Å². The molecule has 28 heavy (non-hydrogen) atoms. The van der Waals surface area contributed by atoms with Gasteiger partial charge in [-0.25, -0.2) is 4.79 Å². The van der Waals surface area contributed by atoms with E-state index in [4.69, 9.17) is 10.5 Å². The lowest BCUT2D eigenvalue weighted by atomic mass is 10.0. The Balaban J connectivity index is 2.63. The molecule has 2 aromatic rings. The molecule has 0 aromatic heterocycles. The van der Waals surface area contributed by atoms with Crippen LogP contribution in [0.2, 0.25) is 0 Å². The number of nitrogens with two attached hydrogens (primary N) is 1. The third-order valence-electron chi connectivity index (χ3n) is 4.16. The number of ether oxygens (including phenoxy) is 1. The lowest BCUT2D eigenvalue weighted by Crippen LogP contribution is -2.62. The Morgan fingerprint density at radius 2 is 1.57 bits per heavy atom. The van der Waals surface area contributed by atoms with E-state index in [1.165, 1.54) is 0 Å². The molecule has 148 valence electrons. The molecule has 2 amide bonds. The summed E-state index contributed by atoms with van der Waals surface area (Å²) in [4.78, 5) is 38.1. The quantitative estimate of drug-likeness (QED) is 0.612. The van der Waals surface area contributed by atoms with Crippen LogP contribution in [0.4, 0.5) is 5.69 Å². The Morgan fingerprint density at radius 3 is 2.07 bits per heavy atom. The van der Waals surface area contributed by atoms with Gasteiger partial charge in [-0.1, -0.05) is 43.3 Å². The van der Waals surface area contributed by atoms with Gasteiger partial charge in [-0.05, 0) is 30.7 Å². The first-order chi connectivity index (χ1) is 13.4. The third-order valence-corrected chi connectivity index (χ3v) is 4.16. The van der Waals surface area contributed by atoms with E-state index in [0.29, 0.717) is 12.1 Å². The number of rotatable bonds is 10. The van der Waals surface area contributed by atoms with Gasteiger partial charge in [0.25, 0.3) is 5.72 Å². The van der Waals surface area contributed by atoms with Crippen LogP contribution in [-0.4, -0.2) is 28.6 Å². The molecule has 7 nitrogen and oxygen atoms in total. The Labute approximate surface area is 163 Å². The van der Waals surface area contributed by atoms with Gasteiger partial charge in [0.15, 0.2) is 0 Å². The number of anilines is 1. The Morgan fingerprint density at radius 1 is 1.00 bits per heavy atom. The molecule has 0 aliphatic carbocycles. The molecule has 0 bridgehead atoms. The summed E-state index contributed by atoms with van der Waals surface area (Å²) >= 11 is 0. The van der Waals surface area contributed by atoms with Crippen LogP contribution >= 0.6 is 0 Å². The number of primary amides is 1. The summed E-state index contributed by atoms with van der Waals surface area (Å²) in [5, 5.41) is 10.2. The normalized spacial score (nSPS) is 12.6. The number of amides is 2. The Hall–Kier alpha value is -3.35. The first-order valence-electron chi connectivity index (χ1n) is 9.04. The number of carbonyl (C=O) groups excluding carboxylic acids is 2. The highest BCUT2D eigenvalue weighted by Crippen LogP contribution is 2.32. The van der Waals surface area contributed by atoms with Gasteiger partial charge >= 0.3 is 5.97 Å². The average Bonchev–Trinajstić information content (AvgIpc) is 2.67. The van der Waals surface area contributed by atoms with E-state index in [1.807, 2.05) is 6.92 Å². The molecule has 0 saturated carbocycles. The van der Waals surface area contributed by atoms with E-state index >= 15 is 0 Å². The SMILES string of the molecule is CCCC(=O)N(c1ccccc1)[C@](CCC(N)=O)(Oc1ccccc1)C(=O)O. The molecule has 0 heterocycles. The van der Waals surface area contributed by atoms with Crippen molar-refractivity contribution in [1.82, 2.24) is 0 Å². The molecule has 0 fully saturated rings. The number of nitrogens with zero attached hydrogens (tertiary/aromatic N) is 1. The van der Waals surface area contributed by atoms with E-state index in [1.54, 1.807) is 60.7 Å². The molecule has 7 heteroatoms. The maximum absolute atomic E-state index is 13.0. The smallest absolute Gasteiger partial charge is 0.370 e. The topological polar surface area (TPSA) is 110 Å². The van der Waals surface area contributed by atoms with Crippen LogP contribution in [0, 0.1) is 0 Å². The second-order valence-electron chi connectivity index (χ2n) is 6.29. The zero-order chi connectivity index (χ0) is 20.6. The summed E-state index contributed by atoms with van der Waals surface area (Å²) < 4.78 is 5.90. The minimum Gasteiger partial charge on any atom is -0.477 e. The van der Waals surface area contributed by atoms with Crippen LogP contribution in [0.15, 0.2) is 60.7 Å². The van der Waals surface area contributed by atoms with Gasteiger partial charge in [0.1, 0.15) is 5.75 Å². The number of hydrogen-bond acceptors (Lipinski definition) is 4. The minimum atomic E-state index is -2.12. The van der Waals surface area contributed by atoms with Crippen LogP contribution in [0.5, 0.6) is 5.75 Å². The number of carboxylic acids is 1. The van der Waals surface area contributed by atoms with E-state index < -0.39 is 23.5 Å². The van der Waals surface area contributed by atoms with Gasteiger partial charge in [0.05, 0.1) is 0 Å². The summed E-state index contributed by atoms with van der Waals surface area (Å²) in [6, 6.07) is 16.7. The number of hydrogen-bond donors (Lipinski definition) is 2. The van der Waals surface area contributed by atoms with Crippen molar-refractivity contribution in [2.24, 2.45) is 5.73 Å². The monoisotopic (exact) mass is 384 g/mol. The number of para-hydroxylation sites is 2. The zero-order valence-corrected chi connectivity index (χ0v) is 15.7. The Bertz CT molecular complexity index is 810. The highest BCUT2D eigenvalue weighted by molar-refractivity contribution is 6.01. The summed E-state index contributed by atoms with van der Waals surface area (Å²) in [6.07, 6.45) is 0.0937. The third kappa shape index (κ3) is 4.88. The highest BCUT2D eigenvalue weighted by atomic mass is 16.5. The van der Waals surface area contributed by atoms with Crippen molar-refractivity contribution < 1.29 is 24.2 Å². The van der Waals surface area contributed by atoms with E-state index in [9.17, 15) is 19.5 Å². The molecule has 0 unspecified atom stereocenters. The number of benzene rings is 2. The number of aliphatic carboxylic acids is 1. The van der Waals surface area contributed by atoms with Crippen LogP contribution in [-0.2, 0) is 14.4 Å². The van der Waals surface area contributed by atoms with Crippen molar-refractivity contribution in [3.05, 3.63) is 60.7 Å². The molecule has 0 aliphatic rings. The summed E-state index contributed by atoms with van der Waals surface area (Å²) in [5.41, 5.74) is 3.52. The van der Waals surface area contributed by atoms with E-state index in [0.717, 1.165) is 4.90 Å². The lowest BCUT2D eigenvalue weighted by molar-refractivity contribution is -0.158. The molecule has 0 spiro atoms. The van der Waals surface area contributed by atoms with Crippen molar-refractivity contribution in [2.75, 3.05) is 4.90 Å². The summed E-state index contributed by atoms with van der Waals surface area (Å²) in [5.74, 6) is -2.22. The second-order valence-corrected chi connectivity index (χ2v) is 6.29. The molecular weight excluding hydrogens is 360 g/mol. The maximum atomic E-state index is 13.0. The fourth-order valence-electron chi connectivity index (χ4n) is 2.89. The molecule has 1 atom stereocenters. The fraction of sp³-hybridized carbons (Fsp3) is 0.286. The predicted octanol–water partition coefficient (Wildman–Crippen LogP) is 2.95. The minimum absolute atomic E-state index is 0.124. The molecule has 0 radical (unpaired) electrons. The van der Waals surface area contributed by atoms with Crippen molar-refractivity contribution >= 4 is 23.5 Å². The zero-order valence-electron chi connectivity index (χ0n) is 15.7. The van der Waals surface area contributed by atoms with Gasteiger partial charge in [-0.3, -0.25) is 14.5 Å². The highest BCUT2D eigenvalue weighted by Gasteiger charge is 2.50. The lowest BCUT2D eigenvalue weighted by Gasteiger charge is -2.40. The molecule has 2 aromatic carbocycles. The second kappa shape index (κ2) is 9.55.